The fourth-order valence-electron chi connectivity index (χ4n) is 1.92. The van der Waals surface area contributed by atoms with E-state index in [0.29, 0.717) is 24.2 Å². The Hall–Kier alpha value is -2.47. The molecule has 0 spiro atoms. The van der Waals surface area contributed by atoms with Crippen molar-refractivity contribution in [3.8, 4) is 11.4 Å². The zero-order valence-corrected chi connectivity index (χ0v) is 12.7. The molecule has 6 heteroatoms. The highest BCUT2D eigenvalue weighted by Crippen LogP contribution is 2.17. The standard InChI is InChI=1S/C16H20N4O2/c1-11(2)17-8-9-18-14-10-13(16(21)22)19-15(20-14)12-6-4-3-5-7-12/h3-7,10-11,17H,8-9H2,1-2H3,(H,21,22)(H,18,19,20). The lowest BCUT2D eigenvalue weighted by Crippen LogP contribution is -2.28. The molecule has 0 aliphatic rings. The van der Waals surface area contributed by atoms with Gasteiger partial charge in [0.15, 0.2) is 11.5 Å². The number of benzene rings is 1. The van der Waals surface area contributed by atoms with Gasteiger partial charge in [-0.1, -0.05) is 44.2 Å². The third-order valence-electron chi connectivity index (χ3n) is 2.96. The Bertz CT molecular complexity index is 629. The van der Waals surface area contributed by atoms with E-state index in [-0.39, 0.29) is 5.69 Å². The number of hydrogen-bond acceptors (Lipinski definition) is 5. The molecule has 2 aromatic rings. The number of carbonyl (C=O) groups is 1. The lowest BCUT2D eigenvalue weighted by molar-refractivity contribution is 0.0690. The first kappa shape index (κ1) is 15.9. The number of carboxylic acids is 1. The van der Waals surface area contributed by atoms with E-state index in [0.717, 1.165) is 12.1 Å². The van der Waals surface area contributed by atoms with E-state index in [1.54, 1.807) is 0 Å². The van der Waals surface area contributed by atoms with Gasteiger partial charge in [0.05, 0.1) is 0 Å². The predicted molar refractivity (Wildman–Crippen MR) is 86.1 cm³/mol. The van der Waals surface area contributed by atoms with E-state index >= 15 is 0 Å². The minimum Gasteiger partial charge on any atom is -0.477 e. The van der Waals surface area contributed by atoms with E-state index in [4.69, 9.17) is 0 Å². The van der Waals surface area contributed by atoms with E-state index in [1.807, 2.05) is 30.3 Å². The topological polar surface area (TPSA) is 87.1 Å². The summed E-state index contributed by atoms with van der Waals surface area (Å²) in [4.78, 5) is 19.7. The third kappa shape index (κ3) is 4.53. The van der Waals surface area contributed by atoms with Gasteiger partial charge in [0.1, 0.15) is 5.82 Å². The Morgan fingerprint density at radius 1 is 1.18 bits per heavy atom. The second-order valence-corrected chi connectivity index (χ2v) is 5.17. The van der Waals surface area contributed by atoms with Crippen LogP contribution in [-0.2, 0) is 0 Å². The van der Waals surface area contributed by atoms with Gasteiger partial charge in [-0.05, 0) is 0 Å². The third-order valence-corrected chi connectivity index (χ3v) is 2.96. The first-order valence-corrected chi connectivity index (χ1v) is 7.21. The lowest BCUT2D eigenvalue weighted by Gasteiger charge is -2.11. The molecule has 0 unspecified atom stereocenters. The smallest absolute Gasteiger partial charge is 0.354 e. The van der Waals surface area contributed by atoms with Crippen LogP contribution in [0.5, 0.6) is 0 Å². The van der Waals surface area contributed by atoms with E-state index in [9.17, 15) is 9.90 Å². The van der Waals surface area contributed by atoms with Crippen LogP contribution in [0.1, 0.15) is 24.3 Å². The van der Waals surface area contributed by atoms with Crippen molar-refractivity contribution in [1.82, 2.24) is 15.3 Å². The zero-order valence-electron chi connectivity index (χ0n) is 12.7. The molecule has 0 bridgehead atoms. The first-order chi connectivity index (χ1) is 10.6. The highest BCUT2D eigenvalue weighted by molar-refractivity contribution is 5.87. The summed E-state index contributed by atoms with van der Waals surface area (Å²) in [6.07, 6.45) is 0. The summed E-state index contributed by atoms with van der Waals surface area (Å²) in [5.41, 5.74) is 0.766. The van der Waals surface area contributed by atoms with Gasteiger partial charge in [0.25, 0.3) is 0 Å². The van der Waals surface area contributed by atoms with Crippen molar-refractivity contribution in [3.63, 3.8) is 0 Å². The molecular weight excluding hydrogens is 280 g/mol. The number of carboxylic acid groups (broad SMARTS) is 1. The molecule has 0 fully saturated rings. The van der Waals surface area contributed by atoms with Crippen molar-refractivity contribution >= 4 is 11.8 Å². The van der Waals surface area contributed by atoms with Crippen LogP contribution in [0.3, 0.4) is 0 Å². The summed E-state index contributed by atoms with van der Waals surface area (Å²) >= 11 is 0. The number of nitrogens with one attached hydrogen (secondary N) is 2. The van der Waals surface area contributed by atoms with Crippen LogP contribution in [0.4, 0.5) is 5.82 Å². The minimum absolute atomic E-state index is 0.0202. The molecule has 0 amide bonds. The molecule has 0 radical (unpaired) electrons. The quantitative estimate of drug-likeness (QED) is 0.680. The molecule has 0 saturated heterocycles. The van der Waals surface area contributed by atoms with Crippen molar-refractivity contribution in [2.24, 2.45) is 0 Å². The molecule has 2 rings (SSSR count). The fourth-order valence-corrected chi connectivity index (χ4v) is 1.92. The molecule has 1 heterocycles. The number of hydrogen-bond donors (Lipinski definition) is 3. The SMILES string of the molecule is CC(C)NCCNc1cc(C(=O)O)nc(-c2ccccc2)n1. The number of aromatic nitrogens is 2. The molecule has 0 atom stereocenters. The Labute approximate surface area is 129 Å². The largest absolute Gasteiger partial charge is 0.477 e. The molecular formula is C16H20N4O2. The molecule has 3 N–H and O–H groups in total. The van der Waals surface area contributed by atoms with Gasteiger partial charge in [0, 0.05) is 30.8 Å². The van der Waals surface area contributed by atoms with Gasteiger partial charge < -0.3 is 15.7 Å². The number of aromatic carboxylic acids is 1. The molecule has 1 aromatic carbocycles. The monoisotopic (exact) mass is 300 g/mol. The number of rotatable bonds is 7. The fraction of sp³-hybridized carbons (Fsp3) is 0.312. The number of anilines is 1. The van der Waals surface area contributed by atoms with Gasteiger partial charge >= 0.3 is 5.97 Å². The highest BCUT2D eigenvalue weighted by atomic mass is 16.4. The van der Waals surface area contributed by atoms with Gasteiger partial charge in [0.2, 0.25) is 0 Å². The molecule has 0 aliphatic carbocycles. The lowest BCUT2D eigenvalue weighted by atomic mass is 10.2. The average Bonchev–Trinajstić information content (AvgIpc) is 2.52. The van der Waals surface area contributed by atoms with Gasteiger partial charge in [-0.2, -0.15) is 0 Å². The van der Waals surface area contributed by atoms with Gasteiger partial charge in [-0.15, -0.1) is 0 Å². The summed E-state index contributed by atoms with van der Waals surface area (Å²) in [6.45, 7) is 5.56. The Morgan fingerprint density at radius 2 is 1.91 bits per heavy atom. The molecule has 116 valence electrons. The van der Waals surface area contributed by atoms with Gasteiger partial charge in [-0.25, -0.2) is 14.8 Å². The molecule has 0 saturated carbocycles. The Morgan fingerprint density at radius 3 is 2.55 bits per heavy atom. The van der Waals surface area contributed by atoms with Crippen molar-refractivity contribution in [2.75, 3.05) is 18.4 Å². The van der Waals surface area contributed by atoms with E-state index in [2.05, 4.69) is 34.4 Å². The molecule has 6 nitrogen and oxygen atoms in total. The summed E-state index contributed by atoms with van der Waals surface area (Å²) < 4.78 is 0. The molecule has 22 heavy (non-hydrogen) atoms. The zero-order chi connectivity index (χ0) is 15.9. The second kappa shape index (κ2) is 7.51. The molecule has 1 aromatic heterocycles. The van der Waals surface area contributed by atoms with Crippen LogP contribution >= 0.6 is 0 Å². The maximum absolute atomic E-state index is 11.2. The second-order valence-electron chi connectivity index (χ2n) is 5.17. The molecule has 0 aliphatic heterocycles. The Kier molecular flexibility index (Phi) is 5.43. The van der Waals surface area contributed by atoms with Crippen molar-refractivity contribution < 1.29 is 9.90 Å². The summed E-state index contributed by atoms with van der Waals surface area (Å²) in [7, 11) is 0. The minimum atomic E-state index is -1.07. The van der Waals surface area contributed by atoms with Crippen molar-refractivity contribution in [1.29, 1.82) is 0 Å². The average molecular weight is 300 g/mol. The van der Waals surface area contributed by atoms with E-state index < -0.39 is 5.97 Å². The maximum atomic E-state index is 11.2. The van der Waals surface area contributed by atoms with Crippen molar-refractivity contribution in [3.05, 3.63) is 42.1 Å². The number of nitrogens with zero attached hydrogens (tertiary/aromatic N) is 2. The van der Waals surface area contributed by atoms with E-state index in [1.165, 1.54) is 6.07 Å². The van der Waals surface area contributed by atoms with Crippen LogP contribution in [0, 0.1) is 0 Å². The first-order valence-electron chi connectivity index (χ1n) is 7.21. The summed E-state index contributed by atoms with van der Waals surface area (Å²) in [6, 6.07) is 11.2. The van der Waals surface area contributed by atoms with Crippen LogP contribution in [0.2, 0.25) is 0 Å². The Balaban J connectivity index is 2.19. The summed E-state index contributed by atoms with van der Waals surface area (Å²) in [5.74, 6) is -0.153. The van der Waals surface area contributed by atoms with Crippen molar-refractivity contribution in [2.45, 2.75) is 19.9 Å². The van der Waals surface area contributed by atoms with Crippen LogP contribution < -0.4 is 10.6 Å². The van der Waals surface area contributed by atoms with Gasteiger partial charge in [-0.3, -0.25) is 0 Å². The van der Waals surface area contributed by atoms with Crippen LogP contribution in [0.25, 0.3) is 11.4 Å². The van der Waals surface area contributed by atoms with Crippen LogP contribution in [-0.4, -0.2) is 40.2 Å². The maximum Gasteiger partial charge on any atom is 0.354 e. The van der Waals surface area contributed by atoms with Crippen LogP contribution in [0.15, 0.2) is 36.4 Å². The predicted octanol–water partition coefficient (Wildman–Crippen LogP) is 2.25. The highest BCUT2D eigenvalue weighted by Gasteiger charge is 2.11. The normalized spacial score (nSPS) is 10.7. The summed E-state index contributed by atoms with van der Waals surface area (Å²) in [5, 5.41) is 15.6.